The summed E-state index contributed by atoms with van der Waals surface area (Å²) in [5.74, 6) is -0.0243. The monoisotopic (exact) mass is 274 g/mol. The zero-order valence-electron chi connectivity index (χ0n) is 11.5. The van der Waals surface area contributed by atoms with E-state index < -0.39 is 11.5 Å². The summed E-state index contributed by atoms with van der Waals surface area (Å²) in [4.78, 5) is 18.3. The van der Waals surface area contributed by atoms with Crippen LogP contribution in [0.2, 0.25) is 0 Å². The van der Waals surface area contributed by atoms with E-state index in [0.717, 1.165) is 36.2 Å². The number of fused-ring (bicyclic) bond motifs is 1. The second-order valence-electron chi connectivity index (χ2n) is 5.31. The molecule has 2 aromatic heterocycles. The molecule has 0 bridgehead atoms. The first-order valence-electron chi connectivity index (χ1n) is 7.02. The second kappa shape index (κ2) is 4.81. The van der Waals surface area contributed by atoms with Gasteiger partial charge in [-0.2, -0.15) is 0 Å². The summed E-state index contributed by atoms with van der Waals surface area (Å²) < 4.78 is 5.39. The summed E-state index contributed by atoms with van der Waals surface area (Å²) in [6.07, 6.45) is 6.32. The minimum Gasteiger partial charge on any atom is -0.479 e. The van der Waals surface area contributed by atoms with Gasteiger partial charge in [-0.25, -0.2) is 9.78 Å². The Kier molecular flexibility index (Phi) is 3.12. The van der Waals surface area contributed by atoms with Crippen LogP contribution in [-0.2, 0) is 4.79 Å². The molecular weight excluding hydrogens is 256 g/mol. The van der Waals surface area contributed by atoms with Crippen molar-refractivity contribution in [3.05, 3.63) is 24.6 Å². The number of hydrogen-bond acceptors (Lipinski definition) is 4. The van der Waals surface area contributed by atoms with E-state index in [4.69, 9.17) is 4.42 Å². The lowest BCUT2D eigenvalue weighted by Crippen LogP contribution is -2.51. The number of aliphatic carboxylic acids is 1. The van der Waals surface area contributed by atoms with Crippen LogP contribution in [0.25, 0.3) is 11.0 Å². The molecule has 0 amide bonds. The molecule has 1 unspecified atom stereocenters. The van der Waals surface area contributed by atoms with Crippen molar-refractivity contribution in [2.24, 2.45) is 0 Å². The first-order chi connectivity index (χ1) is 9.69. The zero-order valence-corrected chi connectivity index (χ0v) is 11.5. The number of hydrogen-bond donors (Lipinski definition) is 1. The molecule has 1 aliphatic heterocycles. The number of nitrogens with zero attached hydrogens (tertiary/aromatic N) is 2. The largest absolute Gasteiger partial charge is 0.479 e. The quantitative estimate of drug-likeness (QED) is 0.928. The van der Waals surface area contributed by atoms with Crippen LogP contribution < -0.4 is 4.90 Å². The lowest BCUT2D eigenvalue weighted by atomic mass is 9.90. The number of carboxylic acid groups (broad SMARTS) is 1. The number of furan rings is 1. The minimum atomic E-state index is -0.826. The van der Waals surface area contributed by atoms with Crippen molar-refractivity contribution in [1.29, 1.82) is 0 Å². The van der Waals surface area contributed by atoms with Crippen LogP contribution in [0.1, 0.15) is 32.6 Å². The molecule has 106 valence electrons. The fraction of sp³-hybridized carbons (Fsp3) is 0.467. The van der Waals surface area contributed by atoms with Crippen molar-refractivity contribution in [2.75, 3.05) is 11.4 Å². The average Bonchev–Trinajstić information content (AvgIpc) is 3.05. The molecule has 3 heterocycles. The van der Waals surface area contributed by atoms with Gasteiger partial charge in [-0.3, -0.25) is 0 Å². The van der Waals surface area contributed by atoms with E-state index in [-0.39, 0.29) is 0 Å². The van der Waals surface area contributed by atoms with Gasteiger partial charge in [-0.1, -0.05) is 13.3 Å². The van der Waals surface area contributed by atoms with Gasteiger partial charge in [-0.05, 0) is 31.4 Å². The van der Waals surface area contributed by atoms with E-state index in [0.29, 0.717) is 12.8 Å². The fourth-order valence-corrected chi connectivity index (χ4v) is 3.29. The van der Waals surface area contributed by atoms with Gasteiger partial charge in [0.25, 0.3) is 0 Å². The smallest absolute Gasteiger partial charge is 0.329 e. The highest BCUT2D eigenvalue weighted by atomic mass is 16.4. The second-order valence-corrected chi connectivity index (χ2v) is 5.31. The summed E-state index contributed by atoms with van der Waals surface area (Å²) in [7, 11) is 0. The molecule has 20 heavy (non-hydrogen) atoms. The van der Waals surface area contributed by atoms with Crippen molar-refractivity contribution >= 4 is 22.8 Å². The van der Waals surface area contributed by atoms with Crippen LogP contribution in [-0.4, -0.2) is 28.1 Å². The fourth-order valence-electron chi connectivity index (χ4n) is 3.29. The lowest BCUT2D eigenvalue weighted by molar-refractivity contribution is -0.143. The molecule has 0 aliphatic carbocycles. The summed E-state index contributed by atoms with van der Waals surface area (Å²) in [5, 5.41) is 10.6. The SMILES string of the molecule is CCCC1(C(=O)O)CCCN1c1nccc2occc12. The van der Waals surface area contributed by atoms with E-state index in [1.165, 1.54) is 0 Å². The van der Waals surface area contributed by atoms with E-state index in [9.17, 15) is 9.90 Å². The first kappa shape index (κ1) is 13.0. The summed E-state index contributed by atoms with van der Waals surface area (Å²) in [6, 6.07) is 3.66. The molecule has 5 heteroatoms. The number of anilines is 1. The molecular formula is C15H18N2O3. The maximum Gasteiger partial charge on any atom is 0.329 e. The Balaban J connectivity index is 2.12. The summed E-state index contributed by atoms with van der Waals surface area (Å²) in [5.41, 5.74) is -0.0782. The molecule has 0 aromatic carbocycles. The van der Waals surface area contributed by atoms with Crippen molar-refractivity contribution in [3.63, 3.8) is 0 Å². The number of pyridine rings is 1. The van der Waals surface area contributed by atoms with Crippen LogP contribution in [0.15, 0.2) is 29.0 Å². The normalized spacial score (nSPS) is 22.6. The number of aromatic nitrogens is 1. The number of carboxylic acids is 1. The molecule has 0 radical (unpaired) electrons. The van der Waals surface area contributed by atoms with E-state index in [2.05, 4.69) is 4.98 Å². The van der Waals surface area contributed by atoms with Gasteiger partial charge in [0.15, 0.2) is 0 Å². The highest BCUT2D eigenvalue weighted by Gasteiger charge is 2.48. The minimum absolute atomic E-state index is 0.637. The molecule has 3 rings (SSSR count). The van der Waals surface area contributed by atoms with Crippen LogP contribution in [0, 0.1) is 0 Å². The van der Waals surface area contributed by atoms with Gasteiger partial charge >= 0.3 is 5.97 Å². The lowest BCUT2D eigenvalue weighted by Gasteiger charge is -2.35. The van der Waals surface area contributed by atoms with Crippen LogP contribution >= 0.6 is 0 Å². The molecule has 1 fully saturated rings. The van der Waals surface area contributed by atoms with Gasteiger partial charge < -0.3 is 14.4 Å². The van der Waals surface area contributed by atoms with Crippen LogP contribution in [0.5, 0.6) is 0 Å². The van der Waals surface area contributed by atoms with Crippen molar-refractivity contribution < 1.29 is 14.3 Å². The molecule has 1 saturated heterocycles. The Labute approximate surface area is 117 Å². The molecule has 1 N–H and O–H groups in total. The molecule has 0 spiro atoms. The topological polar surface area (TPSA) is 66.6 Å². The Bertz CT molecular complexity index is 637. The third kappa shape index (κ3) is 1.77. The standard InChI is InChI=1S/C15H18N2O3/c1-2-6-15(14(18)19)7-3-9-17(15)13-11-5-10-20-12(11)4-8-16-13/h4-5,8,10H,2-3,6-7,9H2,1H3,(H,18,19). The Morgan fingerprint density at radius 3 is 3.15 bits per heavy atom. The van der Waals surface area contributed by atoms with E-state index in [1.807, 2.05) is 17.9 Å². The Morgan fingerprint density at radius 1 is 1.55 bits per heavy atom. The van der Waals surface area contributed by atoms with Gasteiger partial charge in [0.2, 0.25) is 0 Å². The first-order valence-corrected chi connectivity index (χ1v) is 7.02. The molecule has 1 aliphatic rings. The van der Waals surface area contributed by atoms with Crippen molar-refractivity contribution in [2.45, 2.75) is 38.1 Å². The maximum atomic E-state index is 11.9. The van der Waals surface area contributed by atoms with Gasteiger partial charge in [0, 0.05) is 12.7 Å². The van der Waals surface area contributed by atoms with Crippen molar-refractivity contribution in [3.8, 4) is 0 Å². The summed E-state index contributed by atoms with van der Waals surface area (Å²) in [6.45, 7) is 2.75. The van der Waals surface area contributed by atoms with Gasteiger partial charge in [0.05, 0.1) is 11.6 Å². The Hall–Kier alpha value is -2.04. The highest BCUT2D eigenvalue weighted by molar-refractivity contribution is 5.93. The predicted molar refractivity (Wildman–Crippen MR) is 75.9 cm³/mol. The number of rotatable bonds is 4. The highest BCUT2D eigenvalue weighted by Crippen LogP contribution is 2.39. The molecule has 2 aromatic rings. The molecule has 0 saturated carbocycles. The third-order valence-electron chi connectivity index (χ3n) is 4.16. The molecule has 1 atom stereocenters. The van der Waals surface area contributed by atoms with Gasteiger partial charge in [-0.15, -0.1) is 0 Å². The maximum absolute atomic E-state index is 11.9. The Morgan fingerprint density at radius 2 is 2.40 bits per heavy atom. The number of carbonyl (C=O) groups is 1. The van der Waals surface area contributed by atoms with E-state index in [1.54, 1.807) is 18.5 Å². The third-order valence-corrected chi connectivity index (χ3v) is 4.16. The van der Waals surface area contributed by atoms with E-state index >= 15 is 0 Å². The van der Waals surface area contributed by atoms with Crippen LogP contribution in [0.4, 0.5) is 5.82 Å². The predicted octanol–water partition coefficient (Wildman–Crippen LogP) is 3.05. The van der Waals surface area contributed by atoms with Gasteiger partial charge in [0.1, 0.15) is 16.9 Å². The van der Waals surface area contributed by atoms with Crippen LogP contribution in [0.3, 0.4) is 0 Å². The van der Waals surface area contributed by atoms with Crippen molar-refractivity contribution in [1.82, 2.24) is 4.98 Å². The zero-order chi connectivity index (χ0) is 14.2. The average molecular weight is 274 g/mol. The molecule has 5 nitrogen and oxygen atoms in total. The summed E-state index contributed by atoms with van der Waals surface area (Å²) >= 11 is 0.